The lowest BCUT2D eigenvalue weighted by Crippen LogP contribution is -2.39. The highest BCUT2D eigenvalue weighted by Gasteiger charge is 2.15. The molecule has 20 heavy (non-hydrogen) atoms. The molecule has 0 spiro atoms. The Morgan fingerprint density at radius 3 is 2.40 bits per heavy atom. The molecule has 0 aliphatic rings. The molecule has 0 unspecified atom stereocenters. The van der Waals surface area contributed by atoms with Crippen molar-refractivity contribution in [3.63, 3.8) is 0 Å². The standard InChI is InChI=1S/C17H29NO2/c1-14(2)9-12-20-16-7-5-15(6-8-16)13-18-17(3,4)10-11-19/h5-8,14,18-19H,9-13H2,1-4H3. The van der Waals surface area contributed by atoms with Crippen molar-refractivity contribution in [2.75, 3.05) is 13.2 Å². The third-order valence-electron chi connectivity index (χ3n) is 3.40. The summed E-state index contributed by atoms with van der Waals surface area (Å²) in [5, 5.41) is 12.5. The summed E-state index contributed by atoms with van der Waals surface area (Å²) in [6.07, 6.45) is 1.84. The molecule has 3 nitrogen and oxygen atoms in total. The first-order valence-corrected chi connectivity index (χ1v) is 7.50. The molecule has 0 bridgehead atoms. The Hall–Kier alpha value is -1.06. The number of aliphatic hydroxyl groups excluding tert-OH is 1. The van der Waals surface area contributed by atoms with Crippen molar-refractivity contribution < 1.29 is 9.84 Å². The van der Waals surface area contributed by atoms with Crippen LogP contribution in [0.15, 0.2) is 24.3 Å². The SMILES string of the molecule is CC(C)CCOc1ccc(CNC(C)(C)CCO)cc1. The quantitative estimate of drug-likeness (QED) is 0.728. The van der Waals surface area contributed by atoms with Crippen LogP contribution in [0.4, 0.5) is 0 Å². The van der Waals surface area contributed by atoms with E-state index in [0.29, 0.717) is 5.92 Å². The maximum Gasteiger partial charge on any atom is 0.119 e. The van der Waals surface area contributed by atoms with Gasteiger partial charge in [0.25, 0.3) is 0 Å². The Balaban J connectivity index is 2.38. The van der Waals surface area contributed by atoms with E-state index in [1.54, 1.807) is 0 Å². The summed E-state index contributed by atoms with van der Waals surface area (Å²) in [5.74, 6) is 1.61. The normalized spacial score (nSPS) is 11.9. The predicted octanol–water partition coefficient (Wildman–Crippen LogP) is 3.36. The molecular weight excluding hydrogens is 250 g/mol. The Morgan fingerprint density at radius 2 is 1.85 bits per heavy atom. The van der Waals surface area contributed by atoms with E-state index < -0.39 is 0 Å². The van der Waals surface area contributed by atoms with Gasteiger partial charge in [0, 0.05) is 18.7 Å². The topological polar surface area (TPSA) is 41.5 Å². The van der Waals surface area contributed by atoms with Gasteiger partial charge in [-0.05, 0) is 50.3 Å². The Morgan fingerprint density at radius 1 is 1.20 bits per heavy atom. The second kappa shape index (κ2) is 8.28. The molecule has 114 valence electrons. The largest absolute Gasteiger partial charge is 0.494 e. The van der Waals surface area contributed by atoms with E-state index in [4.69, 9.17) is 9.84 Å². The highest BCUT2D eigenvalue weighted by Crippen LogP contribution is 2.15. The molecule has 1 aromatic rings. The van der Waals surface area contributed by atoms with Crippen LogP contribution in [0, 0.1) is 5.92 Å². The zero-order valence-electron chi connectivity index (χ0n) is 13.3. The molecule has 1 aromatic carbocycles. The van der Waals surface area contributed by atoms with Gasteiger partial charge in [-0.25, -0.2) is 0 Å². The van der Waals surface area contributed by atoms with Crippen LogP contribution in [0.2, 0.25) is 0 Å². The molecule has 0 amide bonds. The van der Waals surface area contributed by atoms with E-state index in [-0.39, 0.29) is 12.1 Å². The fraction of sp³-hybridized carbons (Fsp3) is 0.647. The van der Waals surface area contributed by atoms with Crippen LogP contribution in [0.1, 0.15) is 46.1 Å². The molecule has 0 fully saturated rings. The van der Waals surface area contributed by atoms with Gasteiger partial charge in [0.2, 0.25) is 0 Å². The van der Waals surface area contributed by atoms with Crippen molar-refractivity contribution in [2.24, 2.45) is 5.92 Å². The molecule has 3 heteroatoms. The lowest BCUT2D eigenvalue weighted by Gasteiger charge is -2.25. The molecule has 0 aliphatic heterocycles. The van der Waals surface area contributed by atoms with Gasteiger partial charge in [-0.1, -0.05) is 26.0 Å². The second-order valence-electron chi connectivity index (χ2n) is 6.39. The maximum absolute atomic E-state index is 9.00. The summed E-state index contributed by atoms with van der Waals surface area (Å²) in [6.45, 7) is 10.4. The van der Waals surface area contributed by atoms with Crippen LogP contribution in [-0.2, 0) is 6.54 Å². The Bertz CT molecular complexity index is 371. The van der Waals surface area contributed by atoms with Gasteiger partial charge >= 0.3 is 0 Å². The van der Waals surface area contributed by atoms with E-state index in [0.717, 1.165) is 31.7 Å². The van der Waals surface area contributed by atoms with E-state index in [2.05, 4.69) is 45.1 Å². The summed E-state index contributed by atoms with van der Waals surface area (Å²) in [6, 6.07) is 8.23. The van der Waals surface area contributed by atoms with Gasteiger partial charge in [-0.2, -0.15) is 0 Å². The van der Waals surface area contributed by atoms with Crippen LogP contribution >= 0.6 is 0 Å². The van der Waals surface area contributed by atoms with Crippen molar-refractivity contribution in [3.05, 3.63) is 29.8 Å². The first-order valence-electron chi connectivity index (χ1n) is 7.50. The lowest BCUT2D eigenvalue weighted by molar-refractivity contribution is 0.230. The Labute approximate surface area is 123 Å². The summed E-state index contributed by atoms with van der Waals surface area (Å²) in [4.78, 5) is 0. The number of hydrogen-bond donors (Lipinski definition) is 2. The highest BCUT2D eigenvalue weighted by molar-refractivity contribution is 5.27. The highest BCUT2D eigenvalue weighted by atomic mass is 16.5. The number of hydrogen-bond acceptors (Lipinski definition) is 3. The van der Waals surface area contributed by atoms with Crippen molar-refractivity contribution in [3.8, 4) is 5.75 Å². The fourth-order valence-electron chi connectivity index (χ4n) is 1.83. The number of aliphatic hydroxyl groups is 1. The fourth-order valence-corrected chi connectivity index (χ4v) is 1.83. The van der Waals surface area contributed by atoms with Crippen molar-refractivity contribution in [2.45, 2.75) is 52.6 Å². The number of rotatable bonds is 9. The summed E-state index contributed by atoms with van der Waals surface area (Å²) < 4.78 is 5.70. The minimum atomic E-state index is -0.0405. The average Bonchev–Trinajstić information content (AvgIpc) is 2.37. The monoisotopic (exact) mass is 279 g/mol. The molecule has 1 rings (SSSR count). The molecule has 0 radical (unpaired) electrons. The van der Waals surface area contributed by atoms with Gasteiger partial charge in [0.05, 0.1) is 6.61 Å². The van der Waals surface area contributed by atoms with Crippen LogP contribution in [-0.4, -0.2) is 23.9 Å². The smallest absolute Gasteiger partial charge is 0.119 e. The lowest BCUT2D eigenvalue weighted by atomic mass is 10.0. The third-order valence-corrected chi connectivity index (χ3v) is 3.40. The van der Waals surface area contributed by atoms with Gasteiger partial charge in [0.15, 0.2) is 0 Å². The average molecular weight is 279 g/mol. The molecule has 0 heterocycles. The third kappa shape index (κ3) is 6.92. The van der Waals surface area contributed by atoms with Gasteiger partial charge < -0.3 is 15.2 Å². The van der Waals surface area contributed by atoms with E-state index in [1.807, 2.05) is 12.1 Å². The summed E-state index contributed by atoms with van der Waals surface area (Å²) >= 11 is 0. The minimum Gasteiger partial charge on any atom is -0.494 e. The molecule has 0 saturated heterocycles. The first kappa shape index (κ1) is 17.0. The molecular formula is C17H29NO2. The van der Waals surface area contributed by atoms with E-state index in [1.165, 1.54) is 5.56 Å². The van der Waals surface area contributed by atoms with E-state index >= 15 is 0 Å². The van der Waals surface area contributed by atoms with Crippen LogP contribution in [0.5, 0.6) is 5.75 Å². The first-order chi connectivity index (χ1) is 9.43. The van der Waals surface area contributed by atoms with Gasteiger partial charge in [0.1, 0.15) is 5.75 Å². The second-order valence-corrected chi connectivity index (χ2v) is 6.39. The Kier molecular flexibility index (Phi) is 7.03. The summed E-state index contributed by atoms with van der Waals surface area (Å²) in [7, 11) is 0. The summed E-state index contributed by atoms with van der Waals surface area (Å²) in [5.41, 5.74) is 1.19. The maximum atomic E-state index is 9.00. The van der Waals surface area contributed by atoms with Gasteiger partial charge in [-0.3, -0.25) is 0 Å². The van der Waals surface area contributed by atoms with Crippen molar-refractivity contribution in [1.82, 2.24) is 5.32 Å². The molecule has 0 saturated carbocycles. The molecule has 0 aromatic heterocycles. The van der Waals surface area contributed by atoms with Crippen molar-refractivity contribution in [1.29, 1.82) is 0 Å². The van der Waals surface area contributed by atoms with Crippen LogP contribution in [0.3, 0.4) is 0 Å². The number of ether oxygens (including phenoxy) is 1. The van der Waals surface area contributed by atoms with Crippen molar-refractivity contribution >= 4 is 0 Å². The number of nitrogens with one attached hydrogen (secondary N) is 1. The predicted molar refractivity (Wildman–Crippen MR) is 84.0 cm³/mol. The zero-order chi connectivity index (χ0) is 15.0. The zero-order valence-corrected chi connectivity index (χ0v) is 13.3. The number of benzene rings is 1. The molecule has 0 aliphatic carbocycles. The van der Waals surface area contributed by atoms with Gasteiger partial charge in [-0.15, -0.1) is 0 Å². The van der Waals surface area contributed by atoms with Crippen LogP contribution in [0.25, 0.3) is 0 Å². The molecule has 0 atom stereocenters. The minimum absolute atomic E-state index is 0.0405. The molecule has 2 N–H and O–H groups in total. The van der Waals surface area contributed by atoms with Crippen LogP contribution < -0.4 is 10.1 Å². The van der Waals surface area contributed by atoms with E-state index in [9.17, 15) is 0 Å².